The van der Waals surface area contributed by atoms with Gasteiger partial charge >= 0.3 is 0 Å². The van der Waals surface area contributed by atoms with Gasteiger partial charge < -0.3 is 9.22 Å². The maximum atomic E-state index is 11.0. The number of carbonyl (C=O) groups excluding carboxylic acids is 1. The summed E-state index contributed by atoms with van der Waals surface area (Å²) in [4.78, 5) is 11.0. The molecule has 1 atom stereocenters. The first-order chi connectivity index (χ1) is 6.58. The van der Waals surface area contributed by atoms with Gasteiger partial charge in [-0.1, -0.05) is 34.6 Å². The highest BCUT2D eigenvalue weighted by Crippen LogP contribution is 2.37. The Hall–Kier alpha value is -0.153. The zero-order valence-corrected chi connectivity index (χ0v) is 12.3. The molecule has 0 aliphatic carbocycles. The average molecular weight is 230 g/mol. The van der Waals surface area contributed by atoms with Gasteiger partial charge in [-0.3, -0.25) is 0 Å². The molecule has 0 aromatic rings. The molecule has 90 valence electrons. The van der Waals surface area contributed by atoms with E-state index in [9.17, 15) is 4.79 Å². The summed E-state index contributed by atoms with van der Waals surface area (Å²) in [5, 5.41) is 0.213. The van der Waals surface area contributed by atoms with Crippen molar-refractivity contribution in [1.29, 1.82) is 0 Å². The van der Waals surface area contributed by atoms with Gasteiger partial charge in [0.1, 0.15) is 6.29 Å². The topological polar surface area (TPSA) is 26.3 Å². The fraction of sp³-hybridized carbons (Fsp3) is 0.917. The lowest BCUT2D eigenvalue weighted by Crippen LogP contribution is -2.43. The van der Waals surface area contributed by atoms with Crippen LogP contribution in [0.4, 0.5) is 0 Å². The predicted molar refractivity (Wildman–Crippen MR) is 67.6 cm³/mol. The Morgan fingerprint density at radius 3 is 1.93 bits per heavy atom. The van der Waals surface area contributed by atoms with Crippen LogP contribution in [0.2, 0.25) is 18.1 Å². The summed E-state index contributed by atoms with van der Waals surface area (Å²) >= 11 is 0. The van der Waals surface area contributed by atoms with Crippen LogP contribution in [0.15, 0.2) is 0 Å². The van der Waals surface area contributed by atoms with Gasteiger partial charge in [0.2, 0.25) is 0 Å². The lowest BCUT2D eigenvalue weighted by Gasteiger charge is -2.38. The van der Waals surface area contributed by atoms with E-state index in [0.717, 1.165) is 12.7 Å². The molecule has 0 aliphatic rings. The molecule has 2 nitrogen and oxygen atoms in total. The first-order valence-corrected chi connectivity index (χ1v) is 8.59. The lowest BCUT2D eigenvalue weighted by atomic mass is 9.91. The highest BCUT2D eigenvalue weighted by molar-refractivity contribution is 6.74. The monoisotopic (exact) mass is 230 g/mol. The highest BCUT2D eigenvalue weighted by atomic mass is 28.4. The van der Waals surface area contributed by atoms with Crippen LogP contribution in [0.5, 0.6) is 0 Å². The van der Waals surface area contributed by atoms with Crippen molar-refractivity contribution in [2.75, 3.05) is 6.61 Å². The van der Waals surface area contributed by atoms with Crippen molar-refractivity contribution < 1.29 is 9.22 Å². The molecule has 15 heavy (non-hydrogen) atoms. The average Bonchev–Trinajstić information content (AvgIpc) is 2.13. The van der Waals surface area contributed by atoms with Crippen LogP contribution in [0.1, 0.15) is 41.0 Å². The molecule has 0 aromatic carbocycles. The van der Waals surface area contributed by atoms with Crippen molar-refractivity contribution in [1.82, 2.24) is 0 Å². The van der Waals surface area contributed by atoms with Crippen molar-refractivity contribution in [3.8, 4) is 0 Å². The normalized spacial score (nSPS) is 17.3. The van der Waals surface area contributed by atoms with Gasteiger partial charge in [0.15, 0.2) is 8.32 Å². The summed E-state index contributed by atoms with van der Waals surface area (Å²) in [6.45, 7) is 15.6. The number of hydrogen-bond acceptors (Lipinski definition) is 2. The van der Waals surface area contributed by atoms with Crippen LogP contribution < -0.4 is 0 Å². The Morgan fingerprint density at radius 1 is 1.20 bits per heavy atom. The van der Waals surface area contributed by atoms with Crippen molar-refractivity contribution in [3.05, 3.63) is 0 Å². The van der Waals surface area contributed by atoms with Crippen molar-refractivity contribution in [2.45, 2.75) is 59.2 Å². The number of aldehydes is 1. The van der Waals surface area contributed by atoms with Gasteiger partial charge in [0.25, 0.3) is 0 Å². The third-order valence-electron chi connectivity index (χ3n) is 3.66. The summed E-state index contributed by atoms with van der Waals surface area (Å²) in [7, 11) is -1.71. The van der Waals surface area contributed by atoms with Crippen LogP contribution in [0.25, 0.3) is 0 Å². The summed E-state index contributed by atoms with van der Waals surface area (Å²) in [6.07, 6.45) is 1.87. The summed E-state index contributed by atoms with van der Waals surface area (Å²) in [6, 6.07) is 0. The SMILES string of the molecule is CCC(C)(C=O)CO[Si](C)(C)C(C)(C)C. The number of hydrogen-bond donors (Lipinski definition) is 0. The van der Waals surface area contributed by atoms with Crippen LogP contribution in [0, 0.1) is 5.41 Å². The molecule has 1 unspecified atom stereocenters. The second kappa shape index (κ2) is 4.79. The molecule has 0 spiro atoms. The smallest absolute Gasteiger partial charge is 0.192 e. The lowest BCUT2D eigenvalue weighted by molar-refractivity contribution is -0.117. The first-order valence-electron chi connectivity index (χ1n) is 5.68. The molecule has 0 bridgehead atoms. The minimum absolute atomic E-state index is 0.213. The number of rotatable bonds is 5. The van der Waals surface area contributed by atoms with E-state index in [1.807, 2.05) is 13.8 Å². The standard InChI is InChI=1S/C12H26O2Si/c1-8-12(5,9-13)10-14-15(6,7)11(2,3)4/h9H,8,10H2,1-7H3. The third-order valence-corrected chi connectivity index (χ3v) is 8.14. The molecule has 0 saturated heterocycles. The quantitative estimate of drug-likeness (QED) is 0.532. The molecule has 0 aromatic heterocycles. The molecule has 0 amide bonds. The van der Waals surface area contributed by atoms with E-state index in [0.29, 0.717) is 6.61 Å². The maximum absolute atomic E-state index is 11.0. The highest BCUT2D eigenvalue weighted by Gasteiger charge is 2.38. The molecule has 0 radical (unpaired) electrons. The van der Waals surface area contributed by atoms with E-state index >= 15 is 0 Å². The molecule has 3 heteroatoms. The number of carbonyl (C=O) groups is 1. The Labute approximate surface area is 95.5 Å². The first kappa shape index (κ1) is 14.8. The largest absolute Gasteiger partial charge is 0.416 e. The van der Waals surface area contributed by atoms with Crippen molar-refractivity contribution >= 4 is 14.6 Å². The fourth-order valence-electron chi connectivity index (χ4n) is 0.781. The van der Waals surface area contributed by atoms with E-state index in [2.05, 4.69) is 33.9 Å². The summed E-state index contributed by atoms with van der Waals surface area (Å²) in [5.41, 5.74) is -0.310. The Morgan fingerprint density at radius 2 is 1.67 bits per heavy atom. The summed E-state index contributed by atoms with van der Waals surface area (Å²) in [5.74, 6) is 0. The van der Waals surface area contributed by atoms with E-state index < -0.39 is 8.32 Å². The fourth-order valence-corrected chi connectivity index (χ4v) is 1.90. The minimum Gasteiger partial charge on any atom is -0.416 e. The second-order valence-corrected chi connectivity index (χ2v) is 11.0. The zero-order chi connectivity index (χ0) is 12.3. The molecular weight excluding hydrogens is 204 g/mol. The van der Waals surface area contributed by atoms with E-state index in [4.69, 9.17) is 4.43 Å². The predicted octanol–water partition coefficient (Wildman–Crippen LogP) is 3.62. The molecule has 0 fully saturated rings. The van der Waals surface area contributed by atoms with E-state index in [1.165, 1.54) is 0 Å². The van der Waals surface area contributed by atoms with E-state index in [-0.39, 0.29) is 10.5 Å². The molecule has 0 heterocycles. The molecule has 0 rings (SSSR count). The van der Waals surface area contributed by atoms with Gasteiger partial charge in [-0.2, -0.15) is 0 Å². The van der Waals surface area contributed by atoms with E-state index in [1.54, 1.807) is 0 Å². The van der Waals surface area contributed by atoms with Gasteiger partial charge in [0, 0.05) is 12.0 Å². The van der Waals surface area contributed by atoms with Gasteiger partial charge in [0.05, 0.1) is 0 Å². The second-order valence-electron chi connectivity index (χ2n) is 6.17. The molecular formula is C12H26O2Si. The van der Waals surface area contributed by atoms with Crippen LogP contribution in [0.3, 0.4) is 0 Å². The van der Waals surface area contributed by atoms with Gasteiger partial charge in [-0.25, -0.2) is 0 Å². The maximum Gasteiger partial charge on any atom is 0.192 e. The minimum atomic E-state index is -1.71. The summed E-state index contributed by atoms with van der Waals surface area (Å²) < 4.78 is 6.05. The third kappa shape index (κ3) is 4.07. The van der Waals surface area contributed by atoms with Crippen molar-refractivity contribution in [2.24, 2.45) is 5.41 Å². The molecule has 0 aliphatic heterocycles. The Balaban J connectivity index is 4.45. The van der Waals surface area contributed by atoms with Gasteiger partial charge in [-0.15, -0.1) is 0 Å². The Kier molecular flexibility index (Phi) is 4.74. The van der Waals surface area contributed by atoms with Crippen molar-refractivity contribution in [3.63, 3.8) is 0 Å². The Bertz CT molecular complexity index is 218. The van der Waals surface area contributed by atoms with Gasteiger partial charge in [-0.05, 0) is 24.6 Å². The molecule has 0 saturated carbocycles. The zero-order valence-electron chi connectivity index (χ0n) is 11.3. The molecule has 0 N–H and O–H groups in total. The van der Waals surface area contributed by atoms with Crippen LogP contribution in [-0.4, -0.2) is 21.2 Å². The van der Waals surface area contributed by atoms with Crippen LogP contribution in [-0.2, 0) is 9.22 Å². The van der Waals surface area contributed by atoms with Crippen LogP contribution >= 0.6 is 0 Å².